The van der Waals surface area contributed by atoms with Crippen LogP contribution in [0.3, 0.4) is 0 Å². The number of ether oxygens (including phenoxy) is 2. The Morgan fingerprint density at radius 2 is 1.96 bits per heavy atom. The number of hydrogen-bond acceptors (Lipinski definition) is 3. The van der Waals surface area contributed by atoms with Gasteiger partial charge in [-0.1, -0.05) is 34.9 Å². The van der Waals surface area contributed by atoms with Gasteiger partial charge in [-0.05, 0) is 59.3 Å². The summed E-state index contributed by atoms with van der Waals surface area (Å²) in [6.45, 7) is 6.49. The molecular formula is C20H32O3. The third-order valence-electron chi connectivity index (χ3n) is 4.40. The molecule has 23 heavy (non-hydrogen) atoms. The van der Waals surface area contributed by atoms with Crippen molar-refractivity contribution in [2.24, 2.45) is 5.92 Å². The lowest BCUT2D eigenvalue weighted by Crippen LogP contribution is -2.32. The van der Waals surface area contributed by atoms with Crippen molar-refractivity contribution in [1.82, 2.24) is 0 Å². The fourth-order valence-electron chi connectivity index (χ4n) is 2.98. The minimum absolute atomic E-state index is 0.144. The minimum Gasteiger partial charge on any atom is -0.469 e. The molecule has 0 heterocycles. The zero-order chi connectivity index (χ0) is 17.2. The van der Waals surface area contributed by atoms with Gasteiger partial charge in [0.2, 0.25) is 0 Å². The Hall–Kier alpha value is -1.35. The van der Waals surface area contributed by atoms with Crippen LogP contribution in [-0.4, -0.2) is 26.3 Å². The van der Waals surface area contributed by atoms with Crippen LogP contribution in [0.1, 0.15) is 59.3 Å². The van der Waals surface area contributed by atoms with Gasteiger partial charge in [0.15, 0.2) is 0 Å². The zero-order valence-electron chi connectivity index (χ0n) is 15.4. The van der Waals surface area contributed by atoms with Gasteiger partial charge in [-0.25, -0.2) is 0 Å². The Bertz CT molecular complexity index is 467. The molecule has 2 atom stereocenters. The second-order valence-electron chi connectivity index (χ2n) is 6.60. The van der Waals surface area contributed by atoms with Gasteiger partial charge >= 0.3 is 5.97 Å². The van der Waals surface area contributed by atoms with Gasteiger partial charge in [0.05, 0.1) is 19.1 Å². The second-order valence-corrected chi connectivity index (χ2v) is 6.60. The Kier molecular flexibility index (Phi) is 8.93. The van der Waals surface area contributed by atoms with E-state index in [0.717, 1.165) is 38.5 Å². The quantitative estimate of drug-likeness (QED) is 0.467. The Balaban J connectivity index is 2.47. The predicted molar refractivity (Wildman–Crippen MR) is 95.3 cm³/mol. The van der Waals surface area contributed by atoms with Gasteiger partial charge in [-0.3, -0.25) is 4.79 Å². The average molecular weight is 320 g/mol. The summed E-state index contributed by atoms with van der Waals surface area (Å²) in [6, 6.07) is 0. The first-order chi connectivity index (χ1) is 11.0. The van der Waals surface area contributed by atoms with Gasteiger partial charge in [0, 0.05) is 7.11 Å². The van der Waals surface area contributed by atoms with Crippen molar-refractivity contribution < 1.29 is 14.3 Å². The van der Waals surface area contributed by atoms with Crippen LogP contribution in [0.15, 0.2) is 34.9 Å². The average Bonchev–Trinajstić information content (AvgIpc) is 2.53. The Labute approximate surface area is 141 Å². The molecule has 2 unspecified atom stereocenters. The maximum atomic E-state index is 11.7. The van der Waals surface area contributed by atoms with Crippen molar-refractivity contribution in [2.75, 3.05) is 14.2 Å². The summed E-state index contributed by atoms with van der Waals surface area (Å²) < 4.78 is 10.3. The molecule has 0 aromatic carbocycles. The summed E-state index contributed by atoms with van der Waals surface area (Å²) in [6.07, 6.45) is 12.8. The van der Waals surface area contributed by atoms with Crippen molar-refractivity contribution in [3.05, 3.63) is 34.9 Å². The number of carbonyl (C=O) groups is 1. The molecule has 0 saturated carbocycles. The Morgan fingerprint density at radius 3 is 2.57 bits per heavy atom. The van der Waals surface area contributed by atoms with Crippen LogP contribution in [0.25, 0.3) is 0 Å². The number of rotatable bonds is 8. The van der Waals surface area contributed by atoms with E-state index in [1.807, 2.05) is 0 Å². The van der Waals surface area contributed by atoms with Crippen LogP contribution < -0.4 is 0 Å². The van der Waals surface area contributed by atoms with Crippen LogP contribution in [0.4, 0.5) is 0 Å². The minimum atomic E-state index is -0.165. The van der Waals surface area contributed by atoms with E-state index in [9.17, 15) is 4.79 Å². The lowest BCUT2D eigenvalue weighted by molar-refractivity contribution is -0.149. The predicted octanol–water partition coefficient (Wildman–Crippen LogP) is 4.98. The monoisotopic (exact) mass is 320 g/mol. The number of allylic oxidation sites excluding steroid dienone is 5. The van der Waals surface area contributed by atoms with E-state index in [4.69, 9.17) is 9.47 Å². The molecule has 1 aliphatic carbocycles. The summed E-state index contributed by atoms with van der Waals surface area (Å²) in [5.41, 5.74) is 4.23. The molecule has 0 fully saturated rings. The first kappa shape index (κ1) is 19.7. The smallest absolute Gasteiger partial charge is 0.311 e. The highest BCUT2D eigenvalue weighted by molar-refractivity contribution is 5.73. The van der Waals surface area contributed by atoms with Gasteiger partial charge in [0.25, 0.3) is 0 Å². The van der Waals surface area contributed by atoms with Gasteiger partial charge in [-0.2, -0.15) is 0 Å². The number of carbonyl (C=O) groups excluding carboxylic acids is 1. The number of methoxy groups -OCH3 is 2. The molecule has 0 N–H and O–H groups in total. The van der Waals surface area contributed by atoms with Crippen molar-refractivity contribution >= 4 is 5.97 Å². The Morgan fingerprint density at radius 1 is 1.22 bits per heavy atom. The summed E-state index contributed by atoms with van der Waals surface area (Å²) in [4.78, 5) is 11.7. The third-order valence-corrected chi connectivity index (χ3v) is 4.40. The van der Waals surface area contributed by atoms with E-state index in [0.29, 0.717) is 0 Å². The molecule has 0 aliphatic heterocycles. The number of hydrogen-bond donors (Lipinski definition) is 0. The highest BCUT2D eigenvalue weighted by atomic mass is 16.5. The first-order valence-corrected chi connectivity index (χ1v) is 8.57. The van der Waals surface area contributed by atoms with Crippen molar-refractivity contribution in [1.29, 1.82) is 0 Å². The van der Waals surface area contributed by atoms with Gasteiger partial charge in [0.1, 0.15) is 0 Å². The molecule has 3 nitrogen and oxygen atoms in total. The molecule has 0 spiro atoms. The molecule has 0 amide bonds. The fourth-order valence-corrected chi connectivity index (χ4v) is 2.98. The first-order valence-electron chi connectivity index (χ1n) is 8.57. The summed E-state index contributed by atoms with van der Waals surface area (Å²) in [7, 11) is 3.10. The van der Waals surface area contributed by atoms with E-state index in [-0.39, 0.29) is 18.0 Å². The van der Waals surface area contributed by atoms with E-state index in [2.05, 4.69) is 39.0 Å². The van der Waals surface area contributed by atoms with Crippen LogP contribution in [0, 0.1) is 5.92 Å². The topological polar surface area (TPSA) is 35.5 Å². The largest absolute Gasteiger partial charge is 0.469 e. The molecule has 130 valence electrons. The summed E-state index contributed by atoms with van der Waals surface area (Å²) >= 11 is 0. The highest BCUT2D eigenvalue weighted by Crippen LogP contribution is 2.29. The fraction of sp³-hybridized carbons (Fsp3) is 0.650. The third kappa shape index (κ3) is 7.17. The molecule has 0 radical (unpaired) electrons. The molecule has 0 aromatic heterocycles. The molecule has 0 aromatic rings. The lowest BCUT2D eigenvalue weighted by Gasteiger charge is -2.27. The van der Waals surface area contributed by atoms with Crippen LogP contribution >= 0.6 is 0 Å². The summed E-state index contributed by atoms with van der Waals surface area (Å²) in [5, 5.41) is 0. The molecule has 3 heteroatoms. The van der Waals surface area contributed by atoms with Crippen LogP contribution in [0.2, 0.25) is 0 Å². The number of esters is 1. The molecular weight excluding hydrogens is 288 g/mol. The van der Waals surface area contributed by atoms with E-state index < -0.39 is 0 Å². The van der Waals surface area contributed by atoms with E-state index in [1.54, 1.807) is 7.11 Å². The second kappa shape index (κ2) is 10.4. The molecule has 1 rings (SSSR count). The summed E-state index contributed by atoms with van der Waals surface area (Å²) in [5.74, 6) is -0.322. The molecule has 0 bridgehead atoms. The van der Waals surface area contributed by atoms with E-state index >= 15 is 0 Å². The van der Waals surface area contributed by atoms with Crippen molar-refractivity contribution in [2.45, 2.75) is 65.4 Å². The van der Waals surface area contributed by atoms with Gasteiger partial charge < -0.3 is 9.47 Å². The highest BCUT2D eigenvalue weighted by Gasteiger charge is 2.31. The van der Waals surface area contributed by atoms with Gasteiger partial charge in [-0.15, -0.1) is 0 Å². The normalized spacial score (nSPS) is 21.6. The lowest BCUT2D eigenvalue weighted by atomic mass is 9.85. The zero-order valence-corrected chi connectivity index (χ0v) is 15.4. The maximum Gasteiger partial charge on any atom is 0.311 e. The van der Waals surface area contributed by atoms with Crippen LogP contribution in [0.5, 0.6) is 0 Å². The maximum absolute atomic E-state index is 11.7. The molecule has 1 aliphatic rings. The molecule has 0 saturated heterocycles. The SMILES string of the molecule is COC(=O)C1CCC(CC/C=C(/C)CCC=C(C)C)=CC1OC. The van der Waals surface area contributed by atoms with Crippen LogP contribution in [-0.2, 0) is 14.3 Å². The standard InChI is InChI=1S/C20H32O3/c1-15(2)8-6-9-16(3)10-7-11-17-12-13-18(20(21)23-5)19(14-17)22-4/h8,10,14,18-19H,6-7,9,11-13H2,1-5H3/b16-10-. The van der Waals surface area contributed by atoms with Crippen molar-refractivity contribution in [3.63, 3.8) is 0 Å². The van der Waals surface area contributed by atoms with Crippen molar-refractivity contribution in [3.8, 4) is 0 Å². The van der Waals surface area contributed by atoms with E-state index in [1.165, 1.54) is 23.8 Å².